The summed E-state index contributed by atoms with van der Waals surface area (Å²) in [4.78, 5) is 11.5. The lowest BCUT2D eigenvalue weighted by atomic mass is 9.96. The second-order valence-electron chi connectivity index (χ2n) is 4.64. The molecule has 4 heteroatoms. The van der Waals surface area contributed by atoms with Gasteiger partial charge in [-0.25, -0.2) is 4.79 Å². The molecule has 1 aromatic rings. The van der Waals surface area contributed by atoms with Crippen LogP contribution in [0, 0.1) is 0 Å². The van der Waals surface area contributed by atoms with Gasteiger partial charge in [0.15, 0.2) is 0 Å². The molecular weight excluding hydrogens is 248 g/mol. The van der Waals surface area contributed by atoms with Gasteiger partial charge in [0.1, 0.15) is 0 Å². The van der Waals surface area contributed by atoms with E-state index in [1.807, 2.05) is 24.3 Å². The van der Waals surface area contributed by atoms with Gasteiger partial charge in [-0.2, -0.15) is 0 Å². The van der Waals surface area contributed by atoms with Crippen LogP contribution in [0.25, 0.3) is 0 Å². The van der Waals surface area contributed by atoms with Crippen molar-refractivity contribution in [2.75, 3.05) is 13.1 Å². The lowest BCUT2D eigenvalue weighted by molar-refractivity contribution is 0.241. The molecule has 96 valence electrons. The van der Waals surface area contributed by atoms with E-state index in [2.05, 4.69) is 17.2 Å². The first kappa shape index (κ1) is 13.0. The summed E-state index contributed by atoms with van der Waals surface area (Å²) in [6.07, 6.45) is 3.87. The highest BCUT2D eigenvalue weighted by molar-refractivity contribution is 6.30. The van der Waals surface area contributed by atoms with E-state index in [4.69, 9.17) is 11.6 Å². The number of nitrogens with one attached hydrogen (secondary N) is 2. The molecule has 2 amide bonds. The van der Waals surface area contributed by atoms with Crippen molar-refractivity contribution in [1.29, 1.82) is 0 Å². The predicted molar refractivity (Wildman–Crippen MR) is 74.0 cm³/mol. The van der Waals surface area contributed by atoms with Gasteiger partial charge in [0.05, 0.1) is 0 Å². The van der Waals surface area contributed by atoms with Crippen LogP contribution < -0.4 is 10.6 Å². The lowest BCUT2D eigenvalue weighted by Gasteiger charge is -2.16. The normalized spacial score (nSPS) is 15.8. The Kier molecular flexibility index (Phi) is 3.92. The maximum Gasteiger partial charge on any atom is 0.315 e. The van der Waals surface area contributed by atoms with E-state index >= 15 is 0 Å². The molecule has 2 N–H and O–H groups in total. The number of carbonyl (C=O) groups excluding carboxylic acids is 1. The van der Waals surface area contributed by atoms with Gasteiger partial charge in [-0.1, -0.05) is 29.8 Å². The molecule has 0 spiro atoms. The van der Waals surface area contributed by atoms with Gasteiger partial charge >= 0.3 is 6.03 Å². The fourth-order valence-electron chi connectivity index (χ4n) is 2.00. The fraction of sp³-hybridized carbons (Fsp3) is 0.357. The number of hydrogen-bond donors (Lipinski definition) is 2. The molecule has 1 aliphatic carbocycles. The minimum absolute atomic E-state index is 0.107. The highest BCUT2D eigenvalue weighted by Gasteiger charge is 2.44. The maximum absolute atomic E-state index is 11.5. The van der Waals surface area contributed by atoms with Crippen LogP contribution in [-0.4, -0.2) is 19.1 Å². The highest BCUT2D eigenvalue weighted by atomic mass is 35.5. The third-order valence-electron chi connectivity index (χ3n) is 3.30. The van der Waals surface area contributed by atoms with E-state index in [9.17, 15) is 4.79 Å². The van der Waals surface area contributed by atoms with Crippen LogP contribution in [0.2, 0.25) is 5.02 Å². The molecule has 1 saturated carbocycles. The van der Waals surface area contributed by atoms with E-state index in [0.717, 1.165) is 17.9 Å². The first-order chi connectivity index (χ1) is 8.66. The summed E-state index contributed by atoms with van der Waals surface area (Å²) >= 11 is 5.88. The minimum atomic E-state index is -0.143. The molecule has 0 radical (unpaired) electrons. The second-order valence-corrected chi connectivity index (χ2v) is 5.08. The van der Waals surface area contributed by atoms with Crippen molar-refractivity contribution >= 4 is 17.6 Å². The van der Waals surface area contributed by atoms with Gasteiger partial charge in [-0.3, -0.25) is 0 Å². The van der Waals surface area contributed by atoms with Crippen LogP contribution in [0.1, 0.15) is 18.4 Å². The molecule has 18 heavy (non-hydrogen) atoms. The van der Waals surface area contributed by atoms with Crippen LogP contribution in [-0.2, 0) is 5.41 Å². The molecule has 1 aromatic carbocycles. The molecule has 3 nitrogen and oxygen atoms in total. The van der Waals surface area contributed by atoms with Crippen molar-refractivity contribution in [2.24, 2.45) is 0 Å². The molecule has 1 fully saturated rings. The average molecular weight is 265 g/mol. The number of carbonyl (C=O) groups is 1. The monoisotopic (exact) mass is 264 g/mol. The number of halogens is 1. The summed E-state index contributed by atoms with van der Waals surface area (Å²) < 4.78 is 0. The van der Waals surface area contributed by atoms with Crippen molar-refractivity contribution in [3.63, 3.8) is 0 Å². The Morgan fingerprint density at radius 3 is 2.56 bits per heavy atom. The largest absolute Gasteiger partial charge is 0.337 e. The van der Waals surface area contributed by atoms with Crippen molar-refractivity contribution < 1.29 is 4.79 Å². The quantitative estimate of drug-likeness (QED) is 0.789. The molecule has 0 aliphatic heterocycles. The third kappa shape index (κ3) is 3.05. The first-order valence-electron chi connectivity index (χ1n) is 6.05. The number of amides is 2. The van der Waals surface area contributed by atoms with Gasteiger partial charge in [0.25, 0.3) is 0 Å². The van der Waals surface area contributed by atoms with Crippen LogP contribution in [0.5, 0.6) is 0 Å². The van der Waals surface area contributed by atoms with Crippen LogP contribution >= 0.6 is 11.6 Å². The van der Waals surface area contributed by atoms with E-state index in [-0.39, 0.29) is 11.4 Å². The molecule has 2 rings (SSSR count). The molecule has 0 aromatic heterocycles. The van der Waals surface area contributed by atoms with Crippen LogP contribution in [0.4, 0.5) is 4.79 Å². The lowest BCUT2D eigenvalue weighted by Crippen LogP contribution is -2.39. The third-order valence-corrected chi connectivity index (χ3v) is 3.56. The zero-order valence-electron chi connectivity index (χ0n) is 10.2. The Bertz CT molecular complexity index is 438. The minimum Gasteiger partial charge on any atom is -0.337 e. The molecular formula is C14H17ClN2O. The topological polar surface area (TPSA) is 41.1 Å². The van der Waals surface area contributed by atoms with Crippen LogP contribution in [0.3, 0.4) is 0 Å². The predicted octanol–water partition coefficient (Wildman–Crippen LogP) is 2.86. The Morgan fingerprint density at radius 2 is 2.00 bits per heavy atom. The fourth-order valence-corrected chi connectivity index (χ4v) is 2.12. The van der Waals surface area contributed by atoms with Gasteiger partial charge in [-0.15, -0.1) is 6.58 Å². The first-order valence-corrected chi connectivity index (χ1v) is 6.43. The molecule has 1 aliphatic rings. The van der Waals surface area contributed by atoms with Crippen molar-refractivity contribution in [3.8, 4) is 0 Å². The SMILES string of the molecule is C=CCNC(=O)NCC1(c2ccc(Cl)cc2)CC1. The summed E-state index contributed by atoms with van der Waals surface area (Å²) in [5, 5.41) is 6.35. The second kappa shape index (κ2) is 5.44. The summed E-state index contributed by atoms with van der Waals surface area (Å²) in [7, 11) is 0. The highest BCUT2D eigenvalue weighted by Crippen LogP contribution is 2.47. The summed E-state index contributed by atoms with van der Waals surface area (Å²) in [6.45, 7) is 4.70. The Balaban J connectivity index is 1.90. The Morgan fingerprint density at radius 1 is 1.33 bits per heavy atom. The number of rotatable bonds is 5. The van der Waals surface area contributed by atoms with Crippen molar-refractivity contribution in [2.45, 2.75) is 18.3 Å². The van der Waals surface area contributed by atoms with E-state index in [1.54, 1.807) is 6.08 Å². The molecule has 0 unspecified atom stereocenters. The number of urea groups is 1. The summed E-state index contributed by atoms with van der Waals surface area (Å²) in [5.41, 5.74) is 1.35. The van der Waals surface area contributed by atoms with Gasteiger partial charge in [0.2, 0.25) is 0 Å². The molecule has 0 bridgehead atoms. The zero-order chi connectivity index (χ0) is 13.0. The zero-order valence-corrected chi connectivity index (χ0v) is 11.0. The summed E-state index contributed by atoms with van der Waals surface area (Å²) in [5.74, 6) is 0. The van der Waals surface area contributed by atoms with Gasteiger partial charge < -0.3 is 10.6 Å². The van der Waals surface area contributed by atoms with Crippen molar-refractivity contribution in [1.82, 2.24) is 10.6 Å². The van der Waals surface area contributed by atoms with E-state index in [1.165, 1.54) is 5.56 Å². The average Bonchev–Trinajstić information content (AvgIpc) is 3.16. The molecule has 0 atom stereocenters. The Hall–Kier alpha value is -1.48. The van der Waals surface area contributed by atoms with E-state index in [0.29, 0.717) is 13.1 Å². The van der Waals surface area contributed by atoms with Gasteiger partial charge in [-0.05, 0) is 30.5 Å². The van der Waals surface area contributed by atoms with Gasteiger partial charge in [0, 0.05) is 23.5 Å². The molecule has 0 heterocycles. The molecule has 0 saturated heterocycles. The maximum atomic E-state index is 11.5. The smallest absolute Gasteiger partial charge is 0.315 e. The number of benzene rings is 1. The Labute approximate surface area is 112 Å². The standard InChI is InChI=1S/C14H17ClN2O/c1-2-9-16-13(18)17-10-14(7-8-14)11-3-5-12(15)6-4-11/h2-6H,1,7-10H2,(H2,16,17,18). The number of hydrogen-bond acceptors (Lipinski definition) is 1. The van der Waals surface area contributed by atoms with E-state index < -0.39 is 0 Å². The summed E-state index contributed by atoms with van der Waals surface area (Å²) in [6, 6.07) is 7.73. The van der Waals surface area contributed by atoms with Crippen LogP contribution in [0.15, 0.2) is 36.9 Å². The van der Waals surface area contributed by atoms with Crippen molar-refractivity contribution in [3.05, 3.63) is 47.5 Å².